The van der Waals surface area contributed by atoms with Crippen LogP contribution in [0.1, 0.15) is 5.56 Å². The van der Waals surface area contributed by atoms with E-state index >= 15 is 0 Å². The lowest BCUT2D eigenvalue weighted by Gasteiger charge is -2.37. The molecule has 0 spiro atoms. The third-order valence-electron chi connectivity index (χ3n) is 5.56. The third-order valence-corrected chi connectivity index (χ3v) is 6.05. The molecule has 1 aromatic heterocycles. The van der Waals surface area contributed by atoms with Gasteiger partial charge in [-0.05, 0) is 36.4 Å². The van der Waals surface area contributed by atoms with Crippen molar-refractivity contribution >= 4 is 49.6 Å². The number of aliphatic hydroxyl groups is 1. The van der Waals surface area contributed by atoms with Crippen LogP contribution in [0.3, 0.4) is 0 Å². The van der Waals surface area contributed by atoms with Gasteiger partial charge in [-0.15, -0.1) is 0 Å². The Balaban J connectivity index is 1.67. The Labute approximate surface area is 192 Å². The second-order valence-corrected chi connectivity index (χ2v) is 8.57. The lowest BCUT2D eigenvalue weighted by molar-refractivity contribution is -0.137. The summed E-state index contributed by atoms with van der Waals surface area (Å²) >= 11 is 3.41. The molecule has 2 aromatic carbocycles. The predicted octanol–water partition coefficient (Wildman–Crippen LogP) is 4.46. The molecule has 4 rings (SSSR count). The predicted molar refractivity (Wildman–Crippen MR) is 124 cm³/mol. The number of anilines is 4. The number of pyridine rings is 1. The molecule has 0 saturated carbocycles. The Hall–Kier alpha value is -2.56. The number of nitrogen functional groups attached to an aromatic ring is 1. The number of aliphatic hydroxyl groups excluding tert-OH is 1. The van der Waals surface area contributed by atoms with Gasteiger partial charge in [0.2, 0.25) is 0 Å². The standard InChI is InChI=1S/C22H23BrF3N5O/c23-14-1-3-19-16(11-14)21(18(27)13-28-19)29-15-2-4-20(17(12-15)22(24,25)26)31-7-5-30(6-8-31)9-10-32/h1-4,11-13,32H,5-10,27H2,(H,28,29). The molecular formula is C22H23BrF3N5O. The summed E-state index contributed by atoms with van der Waals surface area (Å²) in [6.07, 6.45) is -3.02. The summed E-state index contributed by atoms with van der Waals surface area (Å²) < 4.78 is 42.7. The van der Waals surface area contributed by atoms with Crippen LogP contribution in [0.4, 0.5) is 35.9 Å². The van der Waals surface area contributed by atoms with Gasteiger partial charge in [-0.1, -0.05) is 15.9 Å². The van der Waals surface area contributed by atoms with E-state index in [1.54, 1.807) is 11.0 Å². The minimum absolute atomic E-state index is 0.0392. The first-order chi connectivity index (χ1) is 15.3. The van der Waals surface area contributed by atoms with Crippen molar-refractivity contribution in [3.05, 3.63) is 52.6 Å². The van der Waals surface area contributed by atoms with Crippen molar-refractivity contribution in [3.63, 3.8) is 0 Å². The van der Waals surface area contributed by atoms with Crippen LogP contribution >= 0.6 is 15.9 Å². The molecule has 1 aliphatic heterocycles. The second-order valence-electron chi connectivity index (χ2n) is 7.66. The first-order valence-electron chi connectivity index (χ1n) is 10.2. The summed E-state index contributed by atoms with van der Waals surface area (Å²) in [5.41, 5.74) is 7.38. The Morgan fingerprint density at radius 1 is 1.09 bits per heavy atom. The zero-order valence-electron chi connectivity index (χ0n) is 17.2. The average Bonchev–Trinajstić information content (AvgIpc) is 2.76. The fraction of sp³-hybridized carbons (Fsp3) is 0.318. The lowest BCUT2D eigenvalue weighted by atomic mass is 10.1. The molecule has 32 heavy (non-hydrogen) atoms. The number of hydrogen-bond acceptors (Lipinski definition) is 6. The number of nitrogens with two attached hydrogens (primary N) is 1. The van der Waals surface area contributed by atoms with E-state index in [9.17, 15) is 13.2 Å². The van der Waals surface area contributed by atoms with Crippen LogP contribution in [0.15, 0.2) is 47.1 Å². The molecule has 0 amide bonds. The molecule has 1 saturated heterocycles. The van der Waals surface area contributed by atoms with Crippen molar-refractivity contribution in [2.24, 2.45) is 0 Å². The number of piperazine rings is 1. The topological polar surface area (TPSA) is 77.7 Å². The van der Waals surface area contributed by atoms with Crippen LogP contribution in [0.25, 0.3) is 10.9 Å². The van der Waals surface area contributed by atoms with Crippen LogP contribution in [0, 0.1) is 0 Å². The smallest absolute Gasteiger partial charge is 0.396 e. The number of nitrogens with one attached hydrogen (secondary N) is 1. The maximum Gasteiger partial charge on any atom is 0.418 e. The number of halogens is 4. The molecule has 10 heteroatoms. The molecule has 0 atom stereocenters. The average molecular weight is 510 g/mol. The van der Waals surface area contributed by atoms with E-state index < -0.39 is 11.7 Å². The van der Waals surface area contributed by atoms with Crippen molar-refractivity contribution in [1.82, 2.24) is 9.88 Å². The minimum Gasteiger partial charge on any atom is -0.396 e. The van der Waals surface area contributed by atoms with Gasteiger partial charge in [0.15, 0.2) is 0 Å². The summed E-state index contributed by atoms with van der Waals surface area (Å²) in [6, 6.07) is 9.73. The molecule has 2 heterocycles. The molecule has 3 aromatic rings. The van der Waals surface area contributed by atoms with Crippen LogP contribution in [-0.4, -0.2) is 54.3 Å². The highest BCUT2D eigenvalue weighted by Gasteiger charge is 2.36. The quantitative estimate of drug-likeness (QED) is 0.471. The number of hydrogen-bond donors (Lipinski definition) is 3. The van der Waals surface area contributed by atoms with Crippen LogP contribution in [0.2, 0.25) is 0 Å². The van der Waals surface area contributed by atoms with E-state index in [2.05, 4.69) is 26.2 Å². The van der Waals surface area contributed by atoms with Crippen molar-refractivity contribution in [2.75, 3.05) is 55.3 Å². The van der Waals surface area contributed by atoms with E-state index in [0.29, 0.717) is 60.7 Å². The van der Waals surface area contributed by atoms with Gasteiger partial charge in [0.1, 0.15) is 0 Å². The number of alkyl halides is 3. The van der Waals surface area contributed by atoms with Crippen molar-refractivity contribution in [3.8, 4) is 0 Å². The van der Waals surface area contributed by atoms with Crippen molar-refractivity contribution in [1.29, 1.82) is 0 Å². The Kier molecular flexibility index (Phi) is 6.45. The number of nitrogens with zero attached hydrogens (tertiary/aromatic N) is 3. The third kappa shape index (κ3) is 4.77. The lowest BCUT2D eigenvalue weighted by Crippen LogP contribution is -2.47. The Morgan fingerprint density at radius 2 is 1.84 bits per heavy atom. The second kappa shape index (κ2) is 9.13. The zero-order valence-corrected chi connectivity index (χ0v) is 18.7. The van der Waals surface area contributed by atoms with Gasteiger partial charge < -0.3 is 21.1 Å². The van der Waals surface area contributed by atoms with Crippen molar-refractivity contribution < 1.29 is 18.3 Å². The Morgan fingerprint density at radius 3 is 2.53 bits per heavy atom. The largest absolute Gasteiger partial charge is 0.418 e. The van der Waals surface area contributed by atoms with Gasteiger partial charge in [0.05, 0.1) is 35.3 Å². The van der Waals surface area contributed by atoms with Gasteiger partial charge in [-0.3, -0.25) is 9.88 Å². The highest BCUT2D eigenvalue weighted by molar-refractivity contribution is 9.10. The van der Waals surface area contributed by atoms with Gasteiger partial charge in [-0.2, -0.15) is 13.2 Å². The minimum atomic E-state index is -4.51. The van der Waals surface area contributed by atoms with Gasteiger partial charge >= 0.3 is 6.18 Å². The molecule has 0 radical (unpaired) electrons. The fourth-order valence-electron chi connectivity index (χ4n) is 3.93. The number of benzene rings is 2. The number of rotatable bonds is 5. The first kappa shape index (κ1) is 22.6. The first-order valence-corrected chi connectivity index (χ1v) is 11.0. The number of β-amino-alcohol motifs (C(OH)–C–C–N with tert-alkyl or cyclic N) is 1. The molecular weight excluding hydrogens is 487 g/mol. The van der Waals surface area contributed by atoms with Gasteiger partial charge in [-0.25, -0.2) is 0 Å². The highest BCUT2D eigenvalue weighted by Crippen LogP contribution is 2.40. The normalized spacial score (nSPS) is 15.3. The van der Waals surface area contributed by atoms with E-state index in [1.807, 2.05) is 23.1 Å². The Bertz CT molecular complexity index is 1110. The number of fused-ring (bicyclic) bond motifs is 1. The number of aromatic nitrogens is 1. The van der Waals surface area contributed by atoms with Crippen LogP contribution in [0.5, 0.6) is 0 Å². The maximum atomic E-state index is 14.0. The van der Waals surface area contributed by atoms with E-state index in [-0.39, 0.29) is 12.3 Å². The van der Waals surface area contributed by atoms with E-state index in [1.165, 1.54) is 12.3 Å². The van der Waals surface area contributed by atoms with Gasteiger partial charge in [0, 0.05) is 54.0 Å². The summed E-state index contributed by atoms with van der Waals surface area (Å²) in [5.74, 6) is 0. The monoisotopic (exact) mass is 509 g/mol. The van der Waals surface area contributed by atoms with Crippen LogP contribution in [-0.2, 0) is 6.18 Å². The molecule has 4 N–H and O–H groups in total. The summed E-state index contributed by atoms with van der Waals surface area (Å²) in [5, 5.41) is 12.9. The van der Waals surface area contributed by atoms with E-state index in [4.69, 9.17) is 10.8 Å². The SMILES string of the molecule is Nc1cnc2ccc(Br)cc2c1Nc1ccc(N2CCN(CCO)CC2)c(C(F)(F)F)c1. The van der Waals surface area contributed by atoms with E-state index in [0.717, 1.165) is 10.5 Å². The van der Waals surface area contributed by atoms with Crippen LogP contribution < -0.4 is 16.0 Å². The molecule has 1 aliphatic rings. The fourth-order valence-corrected chi connectivity index (χ4v) is 4.30. The zero-order chi connectivity index (χ0) is 22.9. The molecule has 0 bridgehead atoms. The summed E-state index contributed by atoms with van der Waals surface area (Å²) in [7, 11) is 0. The molecule has 6 nitrogen and oxygen atoms in total. The summed E-state index contributed by atoms with van der Waals surface area (Å²) in [4.78, 5) is 8.06. The molecule has 170 valence electrons. The van der Waals surface area contributed by atoms with Crippen molar-refractivity contribution in [2.45, 2.75) is 6.18 Å². The molecule has 0 aliphatic carbocycles. The molecule has 0 unspecified atom stereocenters. The summed E-state index contributed by atoms with van der Waals surface area (Å²) in [6.45, 7) is 2.70. The molecule has 1 fully saturated rings. The highest BCUT2D eigenvalue weighted by atomic mass is 79.9. The van der Waals surface area contributed by atoms with Gasteiger partial charge in [0.25, 0.3) is 0 Å². The maximum absolute atomic E-state index is 14.0.